The summed E-state index contributed by atoms with van der Waals surface area (Å²) in [5, 5.41) is 3.87. The van der Waals surface area contributed by atoms with Crippen LogP contribution >= 0.6 is 0 Å². The molecule has 3 heterocycles. The van der Waals surface area contributed by atoms with Crippen LogP contribution in [-0.2, 0) is 14.8 Å². The molecule has 0 radical (unpaired) electrons. The number of nitrogens with zero attached hydrogens (tertiary/aromatic N) is 5. The minimum absolute atomic E-state index is 0.101. The van der Waals surface area contributed by atoms with Crippen LogP contribution in [0.4, 0.5) is 0 Å². The van der Waals surface area contributed by atoms with Crippen LogP contribution in [0.1, 0.15) is 22.2 Å². The summed E-state index contributed by atoms with van der Waals surface area (Å²) >= 11 is 0. The molecule has 0 aliphatic carbocycles. The van der Waals surface area contributed by atoms with E-state index in [1.165, 1.54) is 54.3 Å². The van der Waals surface area contributed by atoms with E-state index in [2.05, 4.69) is 24.8 Å². The lowest BCUT2D eigenvalue weighted by Gasteiger charge is -2.35. The van der Waals surface area contributed by atoms with E-state index >= 15 is 0 Å². The van der Waals surface area contributed by atoms with E-state index in [4.69, 9.17) is 4.52 Å². The molecule has 0 atom stereocenters. The average Bonchev–Trinajstić information content (AvgIpc) is 3.16. The fraction of sp³-hybridized carbons (Fsp3) is 0.235. The van der Waals surface area contributed by atoms with Crippen LogP contribution in [0.25, 0.3) is 11.5 Å². The highest BCUT2D eigenvalue weighted by molar-refractivity contribution is 7.89. The average molecular weight is 401 g/mol. The van der Waals surface area contributed by atoms with Crippen molar-refractivity contribution >= 4 is 16.0 Å². The molecular formula is C17H15N5O5S. The number of hydrogen-bond donors (Lipinski definition) is 0. The molecule has 10 nitrogen and oxygen atoms in total. The van der Waals surface area contributed by atoms with Crippen LogP contribution in [0.3, 0.4) is 0 Å². The Balaban J connectivity index is 1.44. The Morgan fingerprint density at radius 1 is 1.21 bits per heavy atom. The number of ether oxygens (including phenoxy) is 1. The second-order valence-electron chi connectivity index (χ2n) is 6.08. The zero-order valence-electron chi connectivity index (χ0n) is 14.7. The van der Waals surface area contributed by atoms with Gasteiger partial charge in [-0.2, -0.15) is 9.29 Å². The van der Waals surface area contributed by atoms with Gasteiger partial charge in [-0.3, -0.25) is 4.98 Å². The second-order valence-corrected chi connectivity index (χ2v) is 8.02. The van der Waals surface area contributed by atoms with E-state index in [-0.39, 0.29) is 29.5 Å². The van der Waals surface area contributed by atoms with Crippen molar-refractivity contribution in [1.82, 2.24) is 24.4 Å². The lowest BCUT2D eigenvalue weighted by Crippen LogP contribution is -2.48. The summed E-state index contributed by atoms with van der Waals surface area (Å²) in [6, 6.07) is 5.60. The summed E-state index contributed by atoms with van der Waals surface area (Å²) in [5.41, 5.74) is 0.761. The molecule has 0 N–H and O–H groups in total. The SMILES string of the molecule is COC(=O)c1ccc(S(=O)(=O)N2CC(c3nc(-c4cnccn4)no3)C2)cc1. The first-order chi connectivity index (χ1) is 13.5. The summed E-state index contributed by atoms with van der Waals surface area (Å²) in [7, 11) is -2.40. The van der Waals surface area contributed by atoms with Gasteiger partial charge in [-0.1, -0.05) is 5.16 Å². The molecule has 0 bridgehead atoms. The van der Waals surface area contributed by atoms with Gasteiger partial charge < -0.3 is 9.26 Å². The minimum Gasteiger partial charge on any atom is -0.465 e. The van der Waals surface area contributed by atoms with Gasteiger partial charge in [0.2, 0.25) is 21.7 Å². The highest BCUT2D eigenvalue weighted by atomic mass is 32.2. The van der Waals surface area contributed by atoms with E-state index in [9.17, 15) is 13.2 Å². The number of sulfonamides is 1. The summed E-state index contributed by atoms with van der Waals surface area (Å²) in [6.45, 7) is 0.451. The maximum absolute atomic E-state index is 12.7. The fourth-order valence-electron chi connectivity index (χ4n) is 2.74. The van der Waals surface area contributed by atoms with Gasteiger partial charge in [0.1, 0.15) is 5.69 Å². The third-order valence-electron chi connectivity index (χ3n) is 4.34. The number of carbonyl (C=O) groups excluding carboxylic acids is 1. The normalized spacial score (nSPS) is 15.2. The van der Waals surface area contributed by atoms with Gasteiger partial charge in [0.05, 0.1) is 29.7 Å². The van der Waals surface area contributed by atoms with Crippen molar-refractivity contribution in [2.24, 2.45) is 0 Å². The van der Waals surface area contributed by atoms with E-state index in [0.717, 1.165) is 0 Å². The first-order valence-electron chi connectivity index (χ1n) is 8.27. The fourth-order valence-corrected chi connectivity index (χ4v) is 4.27. The Morgan fingerprint density at radius 3 is 2.61 bits per heavy atom. The molecule has 1 aliphatic rings. The second kappa shape index (κ2) is 7.09. The van der Waals surface area contributed by atoms with Crippen LogP contribution in [0.5, 0.6) is 0 Å². The molecule has 144 valence electrons. The lowest BCUT2D eigenvalue weighted by molar-refractivity contribution is 0.0600. The number of carbonyl (C=O) groups is 1. The summed E-state index contributed by atoms with van der Waals surface area (Å²) in [5.74, 6) is -0.0544. The topological polar surface area (TPSA) is 128 Å². The maximum atomic E-state index is 12.7. The van der Waals surface area contributed by atoms with Crippen LogP contribution in [0.2, 0.25) is 0 Å². The number of esters is 1. The molecule has 0 saturated carbocycles. The Kier molecular flexibility index (Phi) is 4.61. The third-order valence-corrected chi connectivity index (χ3v) is 6.19. The van der Waals surface area contributed by atoms with Gasteiger partial charge in [0.25, 0.3) is 0 Å². The number of aromatic nitrogens is 4. The van der Waals surface area contributed by atoms with Gasteiger partial charge in [-0.15, -0.1) is 0 Å². The van der Waals surface area contributed by atoms with Crippen molar-refractivity contribution in [3.8, 4) is 11.5 Å². The standard InChI is InChI=1S/C17H15N5O5S/c1-26-17(23)11-2-4-13(5-3-11)28(24,25)22-9-12(10-22)16-20-15(21-27-16)14-8-18-6-7-19-14/h2-8,12H,9-10H2,1H3. The molecule has 4 rings (SSSR count). The lowest BCUT2D eigenvalue weighted by atomic mass is 10.0. The van der Waals surface area contributed by atoms with Gasteiger partial charge in [-0.05, 0) is 24.3 Å². The zero-order chi connectivity index (χ0) is 19.7. The van der Waals surface area contributed by atoms with E-state index in [1.807, 2.05) is 0 Å². The molecule has 1 saturated heterocycles. The van der Waals surface area contributed by atoms with Gasteiger partial charge in [0.15, 0.2) is 0 Å². The van der Waals surface area contributed by atoms with Gasteiger partial charge in [0, 0.05) is 25.5 Å². The molecule has 28 heavy (non-hydrogen) atoms. The van der Waals surface area contributed by atoms with Crippen molar-refractivity contribution < 1.29 is 22.5 Å². The molecule has 1 aromatic carbocycles. The summed E-state index contributed by atoms with van der Waals surface area (Å²) in [4.78, 5) is 23.9. The molecule has 3 aromatic rings. The first kappa shape index (κ1) is 18.2. The largest absolute Gasteiger partial charge is 0.465 e. The van der Waals surface area contributed by atoms with Crippen molar-refractivity contribution in [2.75, 3.05) is 20.2 Å². The maximum Gasteiger partial charge on any atom is 0.337 e. The molecule has 2 aromatic heterocycles. The predicted molar refractivity (Wildman–Crippen MR) is 94.6 cm³/mol. The Hall–Kier alpha value is -3.18. The predicted octanol–water partition coefficient (Wildman–Crippen LogP) is 1.10. The Bertz CT molecular complexity index is 1090. The number of hydrogen-bond acceptors (Lipinski definition) is 9. The highest BCUT2D eigenvalue weighted by Crippen LogP contribution is 2.32. The molecule has 0 spiro atoms. The Labute approximate surface area is 160 Å². The molecule has 0 amide bonds. The van der Waals surface area contributed by atoms with Gasteiger partial charge >= 0.3 is 5.97 Å². The number of benzene rings is 1. The smallest absolute Gasteiger partial charge is 0.337 e. The van der Waals surface area contributed by atoms with E-state index < -0.39 is 16.0 Å². The van der Waals surface area contributed by atoms with Gasteiger partial charge in [-0.25, -0.2) is 18.2 Å². The van der Waals surface area contributed by atoms with E-state index in [1.54, 1.807) is 0 Å². The van der Waals surface area contributed by atoms with Crippen LogP contribution < -0.4 is 0 Å². The molecule has 11 heteroatoms. The Morgan fingerprint density at radius 2 is 1.96 bits per heavy atom. The number of methoxy groups -OCH3 is 1. The minimum atomic E-state index is -3.67. The summed E-state index contributed by atoms with van der Waals surface area (Å²) in [6.07, 6.45) is 4.58. The third kappa shape index (κ3) is 3.25. The van der Waals surface area contributed by atoms with Crippen molar-refractivity contribution in [1.29, 1.82) is 0 Å². The van der Waals surface area contributed by atoms with Crippen LogP contribution in [-0.4, -0.2) is 59.0 Å². The van der Waals surface area contributed by atoms with E-state index in [0.29, 0.717) is 17.4 Å². The van der Waals surface area contributed by atoms with Crippen molar-refractivity contribution in [3.63, 3.8) is 0 Å². The van der Waals surface area contributed by atoms with Crippen molar-refractivity contribution in [3.05, 3.63) is 54.3 Å². The van der Waals surface area contributed by atoms with Crippen LogP contribution in [0, 0.1) is 0 Å². The number of rotatable bonds is 5. The first-order valence-corrected chi connectivity index (χ1v) is 9.71. The highest BCUT2D eigenvalue weighted by Gasteiger charge is 2.40. The molecule has 1 aliphatic heterocycles. The molecule has 1 fully saturated rings. The van der Waals surface area contributed by atoms with Crippen LogP contribution in [0.15, 0.2) is 52.3 Å². The molecular weight excluding hydrogens is 386 g/mol. The summed E-state index contributed by atoms with van der Waals surface area (Å²) < 4.78 is 36.6. The quantitative estimate of drug-likeness (QED) is 0.577. The van der Waals surface area contributed by atoms with Crippen molar-refractivity contribution in [2.45, 2.75) is 10.8 Å². The molecule has 0 unspecified atom stereocenters. The zero-order valence-corrected chi connectivity index (χ0v) is 15.5. The monoisotopic (exact) mass is 401 g/mol.